The van der Waals surface area contributed by atoms with Crippen LogP contribution >= 0.6 is 0 Å². The van der Waals surface area contributed by atoms with Crippen molar-refractivity contribution in [1.82, 2.24) is 10.2 Å². The van der Waals surface area contributed by atoms with E-state index in [0.717, 1.165) is 0 Å². The van der Waals surface area contributed by atoms with E-state index < -0.39 is 12.0 Å². The second-order valence-electron chi connectivity index (χ2n) is 4.45. The summed E-state index contributed by atoms with van der Waals surface area (Å²) in [5, 5.41) is 12.0. The van der Waals surface area contributed by atoms with Crippen LogP contribution in [0.15, 0.2) is 24.3 Å². The smallest absolute Gasteiger partial charge is 0.327 e. The fourth-order valence-electron chi connectivity index (χ4n) is 2.10. The van der Waals surface area contributed by atoms with Crippen molar-refractivity contribution in [3.63, 3.8) is 0 Å². The highest BCUT2D eigenvalue weighted by atomic mass is 19.1. The molecule has 6 heteroatoms. The maximum atomic E-state index is 12.8. The molecule has 0 spiro atoms. The monoisotopic (exact) mass is 266 g/mol. The van der Waals surface area contributed by atoms with Crippen LogP contribution in [-0.4, -0.2) is 47.6 Å². The second kappa shape index (κ2) is 5.79. The number of amides is 1. The highest BCUT2D eigenvalue weighted by Crippen LogP contribution is 2.09. The third kappa shape index (κ3) is 3.29. The number of hydrogen-bond acceptors (Lipinski definition) is 3. The topological polar surface area (TPSA) is 69.6 Å². The molecule has 1 saturated heterocycles. The quantitative estimate of drug-likeness (QED) is 0.823. The van der Waals surface area contributed by atoms with Crippen LogP contribution in [0.1, 0.15) is 5.56 Å². The first kappa shape index (κ1) is 13.5. The number of nitrogens with one attached hydrogen (secondary N) is 1. The molecule has 1 atom stereocenters. The lowest BCUT2D eigenvalue weighted by Crippen LogP contribution is -2.57. The van der Waals surface area contributed by atoms with Gasteiger partial charge in [0.05, 0.1) is 6.42 Å². The van der Waals surface area contributed by atoms with E-state index in [0.29, 0.717) is 18.7 Å². The van der Waals surface area contributed by atoms with Crippen molar-refractivity contribution in [3.05, 3.63) is 35.6 Å². The number of piperazine rings is 1. The van der Waals surface area contributed by atoms with Gasteiger partial charge in [0, 0.05) is 19.6 Å². The molecule has 1 aromatic carbocycles. The van der Waals surface area contributed by atoms with E-state index >= 15 is 0 Å². The number of aliphatic carboxylic acids is 1. The van der Waals surface area contributed by atoms with Crippen molar-refractivity contribution in [2.75, 3.05) is 19.6 Å². The van der Waals surface area contributed by atoms with Crippen LogP contribution in [0.4, 0.5) is 4.39 Å². The number of hydrogen-bond donors (Lipinski definition) is 2. The van der Waals surface area contributed by atoms with Crippen molar-refractivity contribution in [2.45, 2.75) is 12.5 Å². The van der Waals surface area contributed by atoms with Crippen LogP contribution in [0.2, 0.25) is 0 Å². The van der Waals surface area contributed by atoms with Crippen molar-refractivity contribution < 1.29 is 19.1 Å². The van der Waals surface area contributed by atoms with Gasteiger partial charge < -0.3 is 15.3 Å². The zero-order valence-electron chi connectivity index (χ0n) is 10.3. The number of carboxylic acid groups (broad SMARTS) is 1. The minimum Gasteiger partial charge on any atom is -0.480 e. The molecule has 0 radical (unpaired) electrons. The Hall–Kier alpha value is -1.95. The van der Waals surface area contributed by atoms with E-state index in [1.54, 1.807) is 0 Å². The molecule has 19 heavy (non-hydrogen) atoms. The average molecular weight is 266 g/mol. The Morgan fingerprint density at radius 1 is 1.37 bits per heavy atom. The van der Waals surface area contributed by atoms with Gasteiger partial charge in [0.2, 0.25) is 5.91 Å². The molecule has 0 saturated carbocycles. The zero-order valence-corrected chi connectivity index (χ0v) is 10.3. The molecule has 0 aromatic heterocycles. The summed E-state index contributed by atoms with van der Waals surface area (Å²) < 4.78 is 12.8. The van der Waals surface area contributed by atoms with Crippen LogP contribution in [-0.2, 0) is 16.0 Å². The normalized spacial score (nSPS) is 19.2. The number of halogens is 1. The first-order valence-corrected chi connectivity index (χ1v) is 6.05. The fourth-order valence-corrected chi connectivity index (χ4v) is 2.10. The Balaban J connectivity index is 2.05. The molecule has 1 fully saturated rings. The summed E-state index contributed by atoms with van der Waals surface area (Å²) in [7, 11) is 0. The molecule has 0 aliphatic carbocycles. The largest absolute Gasteiger partial charge is 0.480 e. The minimum atomic E-state index is -1.01. The standard InChI is InChI=1S/C13H15FN2O3/c14-10-3-1-9(2-4-10)7-12(17)16-6-5-15-8-11(16)13(18)19/h1-4,11,15H,5-8H2,(H,18,19). The lowest BCUT2D eigenvalue weighted by Gasteiger charge is -2.33. The molecular formula is C13H15FN2O3. The molecule has 1 amide bonds. The van der Waals surface area contributed by atoms with Gasteiger partial charge >= 0.3 is 5.97 Å². The highest BCUT2D eigenvalue weighted by Gasteiger charge is 2.31. The average Bonchev–Trinajstić information content (AvgIpc) is 2.41. The third-order valence-electron chi connectivity index (χ3n) is 3.12. The van der Waals surface area contributed by atoms with Crippen molar-refractivity contribution in [2.24, 2.45) is 0 Å². The zero-order chi connectivity index (χ0) is 13.8. The summed E-state index contributed by atoms with van der Waals surface area (Å²) in [6.45, 7) is 1.21. The molecule has 0 bridgehead atoms. The molecule has 1 aliphatic heterocycles. The van der Waals surface area contributed by atoms with Crippen molar-refractivity contribution in [1.29, 1.82) is 0 Å². The van der Waals surface area contributed by atoms with Crippen LogP contribution in [0.25, 0.3) is 0 Å². The molecule has 1 aliphatic rings. The second-order valence-corrected chi connectivity index (χ2v) is 4.45. The molecule has 1 aromatic rings. The summed E-state index contributed by atoms with van der Waals surface area (Å²) in [5.74, 6) is -1.62. The SMILES string of the molecule is O=C(O)C1CNCCN1C(=O)Cc1ccc(F)cc1. The number of carbonyl (C=O) groups excluding carboxylic acids is 1. The molecule has 102 valence electrons. The summed E-state index contributed by atoms with van der Waals surface area (Å²) in [4.78, 5) is 24.6. The Labute approximate surface area is 110 Å². The molecule has 1 unspecified atom stereocenters. The van der Waals surface area contributed by atoms with Gasteiger partial charge in [-0.1, -0.05) is 12.1 Å². The number of carboxylic acids is 1. The van der Waals surface area contributed by atoms with E-state index in [2.05, 4.69) is 5.32 Å². The predicted octanol–water partition coefficient (Wildman–Crippen LogP) is 0.253. The Morgan fingerprint density at radius 2 is 2.05 bits per heavy atom. The number of benzene rings is 1. The summed E-state index contributed by atoms with van der Waals surface area (Å²) >= 11 is 0. The van der Waals surface area contributed by atoms with Gasteiger partial charge in [-0.2, -0.15) is 0 Å². The first-order chi connectivity index (χ1) is 9.08. The lowest BCUT2D eigenvalue weighted by molar-refractivity contribution is -0.150. The minimum absolute atomic E-state index is 0.0874. The maximum Gasteiger partial charge on any atom is 0.327 e. The van der Waals surface area contributed by atoms with E-state index in [-0.39, 0.29) is 24.7 Å². The lowest BCUT2D eigenvalue weighted by atomic mass is 10.1. The Kier molecular flexibility index (Phi) is 4.11. The molecule has 5 nitrogen and oxygen atoms in total. The van der Waals surface area contributed by atoms with Gasteiger partial charge in [-0.3, -0.25) is 4.79 Å². The predicted molar refractivity (Wildman–Crippen MR) is 66.1 cm³/mol. The van der Waals surface area contributed by atoms with Crippen molar-refractivity contribution in [3.8, 4) is 0 Å². The van der Waals surface area contributed by atoms with Gasteiger partial charge in [0.15, 0.2) is 0 Å². The highest BCUT2D eigenvalue weighted by molar-refractivity contribution is 5.85. The first-order valence-electron chi connectivity index (χ1n) is 6.05. The van der Waals surface area contributed by atoms with E-state index in [1.165, 1.54) is 29.2 Å². The van der Waals surface area contributed by atoms with E-state index in [1.807, 2.05) is 0 Å². The third-order valence-corrected chi connectivity index (χ3v) is 3.12. The van der Waals surface area contributed by atoms with Gasteiger partial charge in [-0.25, -0.2) is 9.18 Å². The fraction of sp³-hybridized carbons (Fsp3) is 0.385. The van der Waals surface area contributed by atoms with Gasteiger partial charge in [0.1, 0.15) is 11.9 Å². The maximum absolute atomic E-state index is 12.8. The Morgan fingerprint density at radius 3 is 2.68 bits per heavy atom. The summed E-state index contributed by atoms with van der Waals surface area (Å²) in [6.07, 6.45) is 0.0874. The number of nitrogens with zero attached hydrogens (tertiary/aromatic N) is 1. The number of carbonyl (C=O) groups is 2. The summed E-state index contributed by atoms with van der Waals surface area (Å²) in [5.41, 5.74) is 0.675. The molecule has 2 rings (SSSR count). The molecule has 2 N–H and O–H groups in total. The van der Waals surface area contributed by atoms with Crippen LogP contribution in [0.5, 0.6) is 0 Å². The molecule has 1 heterocycles. The van der Waals surface area contributed by atoms with Crippen LogP contribution < -0.4 is 5.32 Å². The van der Waals surface area contributed by atoms with Crippen LogP contribution in [0.3, 0.4) is 0 Å². The van der Waals surface area contributed by atoms with Gasteiger partial charge in [0.25, 0.3) is 0 Å². The van der Waals surface area contributed by atoms with Gasteiger partial charge in [-0.05, 0) is 17.7 Å². The summed E-state index contributed by atoms with van der Waals surface area (Å²) in [6, 6.07) is 4.81. The van der Waals surface area contributed by atoms with Crippen LogP contribution in [0, 0.1) is 5.82 Å². The van der Waals surface area contributed by atoms with E-state index in [9.17, 15) is 14.0 Å². The molecular weight excluding hydrogens is 251 g/mol. The van der Waals surface area contributed by atoms with E-state index in [4.69, 9.17) is 5.11 Å². The van der Waals surface area contributed by atoms with Crippen molar-refractivity contribution >= 4 is 11.9 Å². The van der Waals surface area contributed by atoms with Gasteiger partial charge in [-0.15, -0.1) is 0 Å². The number of rotatable bonds is 3. The Bertz CT molecular complexity index is 475.